The molecular weight excluding hydrogens is 320 g/mol. The topological polar surface area (TPSA) is 64.8 Å². The van der Waals surface area contributed by atoms with Crippen molar-refractivity contribution in [2.24, 2.45) is 5.92 Å². The monoisotopic (exact) mass is 342 g/mol. The van der Waals surface area contributed by atoms with Gasteiger partial charge in [-0.1, -0.05) is 5.16 Å². The van der Waals surface area contributed by atoms with Gasteiger partial charge in [0.2, 0.25) is 0 Å². The van der Waals surface area contributed by atoms with Gasteiger partial charge in [0.25, 0.3) is 5.91 Å². The lowest BCUT2D eigenvalue weighted by Crippen LogP contribution is -2.30. The summed E-state index contributed by atoms with van der Waals surface area (Å²) < 4.78 is 16.5. The van der Waals surface area contributed by atoms with Crippen molar-refractivity contribution in [1.82, 2.24) is 10.1 Å². The highest BCUT2D eigenvalue weighted by Gasteiger charge is 2.36. The molecule has 25 heavy (non-hydrogen) atoms. The smallest absolute Gasteiger partial charge is 0.253 e. The summed E-state index contributed by atoms with van der Waals surface area (Å²) in [6.07, 6.45) is 1.60. The van der Waals surface area contributed by atoms with Crippen molar-refractivity contribution in [1.29, 1.82) is 0 Å². The Morgan fingerprint density at radius 1 is 1.36 bits per heavy atom. The fourth-order valence-corrected chi connectivity index (χ4v) is 3.74. The molecule has 6 nitrogen and oxygen atoms in total. The van der Waals surface area contributed by atoms with Crippen LogP contribution >= 0.6 is 0 Å². The summed E-state index contributed by atoms with van der Waals surface area (Å²) >= 11 is 0. The third-order valence-corrected chi connectivity index (χ3v) is 5.05. The zero-order valence-corrected chi connectivity index (χ0v) is 14.5. The molecule has 0 bridgehead atoms. The summed E-state index contributed by atoms with van der Waals surface area (Å²) in [5.41, 5.74) is 2.70. The minimum absolute atomic E-state index is 0.00659. The third-order valence-electron chi connectivity index (χ3n) is 5.05. The van der Waals surface area contributed by atoms with Gasteiger partial charge >= 0.3 is 0 Å². The van der Waals surface area contributed by atoms with E-state index in [9.17, 15) is 4.79 Å². The number of methoxy groups -OCH3 is 1. The number of fused-ring (bicyclic) bond motifs is 1. The van der Waals surface area contributed by atoms with Crippen LogP contribution in [0.5, 0.6) is 5.75 Å². The van der Waals surface area contributed by atoms with Gasteiger partial charge in [-0.25, -0.2) is 0 Å². The van der Waals surface area contributed by atoms with Crippen LogP contribution in [0, 0.1) is 12.8 Å². The molecule has 0 N–H and O–H groups in total. The first-order chi connectivity index (χ1) is 12.1. The van der Waals surface area contributed by atoms with E-state index in [1.165, 1.54) is 0 Å². The van der Waals surface area contributed by atoms with Crippen LogP contribution in [0.15, 0.2) is 28.8 Å². The molecule has 3 heterocycles. The molecule has 4 rings (SSSR count). The molecule has 1 saturated heterocycles. The molecule has 2 aliphatic heterocycles. The zero-order valence-electron chi connectivity index (χ0n) is 14.5. The predicted octanol–water partition coefficient (Wildman–Crippen LogP) is 2.25. The van der Waals surface area contributed by atoms with Crippen molar-refractivity contribution >= 4 is 5.91 Å². The Morgan fingerprint density at radius 2 is 2.24 bits per heavy atom. The Hall–Kier alpha value is -2.34. The summed E-state index contributed by atoms with van der Waals surface area (Å²) in [5, 5.41) is 3.94. The number of amides is 1. The van der Waals surface area contributed by atoms with Crippen molar-refractivity contribution in [3.8, 4) is 5.75 Å². The molecule has 1 fully saturated rings. The Morgan fingerprint density at radius 3 is 3.00 bits per heavy atom. The SMILES string of the molecule is COC1CN(C(=O)c2ccc3c(c2)CCO3)CC1Cc1cc(C)no1. The van der Waals surface area contributed by atoms with Crippen LogP contribution in [-0.2, 0) is 17.6 Å². The fraction of sp³-hybridized carbons (Fsp3) is 0.474. The van der Waals surface area contributed by atoms with Gasteiger partial charge < -0.3 is 18.9 Å². The van der Waals surface area contributed by atoms with Crippen LogP contribution in [0.25, 0.3) is 0 Å². The van der Waals surface area contributed by atoms with Gasteiger partial charge in [-0.15, -0.1) is 0 Å². The second-order valence-electron chi connectivity index (χ2n) is 6.80. The number of carbonyl (C=O) groups is 1. The lowest BCUT2D eigenvalue weighted by Gasteiger charge is -2.16. The van der Waals surface area contributed by atoms with E-state index in [1.54, 1.807) is 7.11 Å². The second-order valence-corrected chi connectivity index (χ2v) is 6.80. The van der Waals surface area contributed by atoms with Crippen molar-refractivity contribution in [3.63, 3.8) is 0 Å². The Balaban J connectivity index is 1.48. The number of hydrogen-bond acceptors (Lipinski definition) is 5. The number of aryl methyl sites for hydroxylation is 1. The van der Waals surface area contributed by atoms with E-state index >= 15 is 0 Å². The number of ether oxygens (including phenoxy) is 2. The van der Waals surface area contributed by atoms with Gasteiger partial charge in [0.1, 0.15) is 11.5 Å². The molecule has 2 aromatic rings. The van der Waals surface area contributed by atoms with Gasteiger partial charge in [0.05, 0.1) is 18.4 Å². The summed E-state index contributed by atoms with van der Waals surface area (Å²) in [6.45, 7) is 3.86. The molecule has 6 heteroatoms. The van der Waals surface area contributed by atoms with Crippen LogP contribution in [0.3, 0.4) is 0 Å². The number of benzene rings is 1. The van der Waals surface area contributed by atoms with E-state index in [-0.39, 0.29) is 17.9 Å². The molecule has 2 unspecified atom stereocenters. The largest absolute Gasteiger partial charge is 0.493 e. The second kappa shape index (κ2) is 6.52. The molecule has 0 saturated carbocycles. The molecule has 2 atom stereocenters. The Labute approximate surface area is 146 Å². The van der Waals surface area contributed by atoms with Crippen molar-refractivity contribution in [3.05, 3.63) is 46.8 Å². The van der Waals surface area contributed by atoms with Gasteiger partial charge in [0.15, 0.2) is 0 Å². The lowest BCUT2D eigenvalue weighted by molar-refractivity contribution is 0.0672. The van der Waals surface area contributed by atoms with E-state index < -0.39 is 0 Å². The van der Waals surface area contributed by atoms with Gasteiger partial charge in [0, 0.05) is 50.6 Å². The Bertz CT molecular complexity index is 785. The first kappa shape index (κ1) is 16.1. The van der Waals surface area contributed by atoms with Crippen LogP contribution in [0.4, 0.5) is 0 Å². The maximum absolute atomic E-state index is 12.9. The first-order valence-corrected chi connectivity index (χ1v) is 8.64. The van der Waals surface area contributed by atoms with Crippen molar-refractivity contribution in [2.45, 2.75) is 25.9 Å². The molecule has 0 spiro atoms. The summed E-state index contributed by atoms with van der Waals surface area (Å²) in [6, 6.07) is 7.65. The van der Waals surface area contributed by atoms with E-state index in [2.05, 4.69) is 5.16 Å². The Kier molecular flexibility index (Phi) is 4.21. The molecule has 132 valence electrons. The minimum Gasteiger partial charge on any atom is -0.493 e. The number of likely N-dealkylation sites (tertiary alicyclic amines) is 1. The average molecular weight is 342 g/mol. The molecule has 0 radical (unpaired) electrons. The molecular formula is C19H22N2O4. The molecule has 1 aromatic heterocycles. The molecule has 1 amide bonds. The molecule has 1 aromatic carbocycles. The van der Waals surface area contributed by atoms with Gasteiger partial charge in [-0.05, 0) is 30.7 Å². The van der Waals surface area contributed by atoms with E-state index in [1.807, 2.05) is 36.1 Å². The van der Waals surface area contributed by atoms with Crippen LogP contribution in [0.2, 0.25) is 0 Å². The summed E-state index contributed by atoms with van der Waals surface area (Å²) in [7, 11) is 1.70. The van der Waals surface area contributed by atoms with E-state index in [4.69, 9.17) is 14.0 Å². The van der Waals surface area contributed by atoms with E-state index in [0.29, 0.717) is 19.7 Å². The number of rotatable bonds is 4. The van der Waals surface area contributed by atoms with Crippen molar-refractivity contribution in [2.75, 3.05) is 26.8 Å². The quantitative estimate of drug-likeness (QED) is 0.853. The number of carbonyl (C=O) groups excluding carboxylic acids is 1. The van der Waals surface area contributed by atoms with E-state index in [0.717, 1.165) is 41.2 Å². The highest BCUT2D eigenvalue weighted by molar-refractivity contribution is 5.95. The van der Waals surface area contributed by atoms with Crippen molar-refractivity contribution < 1.29 is 18.8 Å². The third kappa shape index (κ3) is 3.14. The molecule has 2 aliphatic rings. The summed E-state index contributed by atoms with van der Waals surface area (Å²) in [5.74, 6) is 1.99. The standard InChI is InChI=1S/C19H22N2O4/c1-12-7-16(25-20-12)9-15-10-21(11-18(15)23-2)19(22)14-3-4-17-13(8-14)5-6-24-17/h3-4,7-8,15,18H,5-6,9-11H2,1-2H3. The van der Waals surface area contributed by atoms with Crippen LogP contribution in [-0.4, -0.2) is 48.9 Å². The summed E-state index contributed by atoms with van der Waals surface area (Å²) in [4.78, 5) is 14.8. The zero-order chi connectivity index (χ0) is 17.4. The fourth-order valence-electron chi connectivity index (χ4n) is 3.74. The number of aromatic nitrogens is 1. The lowest BCUT2D eigenvalue weighted by atomic mass is 10.0. The first-order valence-electron chi connectivity index (χ1n) is 8.64. The highest BCUT2D eigenvalue weighted by Crippen LogP contribution is 2.29. The minimum atomic E-state index is 0.00659. The van der Waals surface area contributed by atoms with Gasteiger partial charge in [-0.3, -0.25) is 4.79 Å². The highest BCUT2D eigenvalue weighted by atomic mass is 16.5. The predicted molar refractivity (Wildman–Crippen MR) is 90.8 cm³/mol. The number of hydrogen-bond donors (Lipinski definition) is 0. The van der Waals surface area contributed by atoms with Gasteiger partial charge in [-0.2, -0.15) is 0 Å². The van der Waals surface area contributed by atoms with Crippen LogP contribution < -0.4 is 4.74 Å². The maximum atomic E-state index is 12.9. The normalized spacial score (nSPS) is 22.1. The van der Waals surface area contributed by atoms with Crippen LogP contribution in [0.1, 0.15) is 27.4 Å². The maximum Gasteiger partial charge on any atom is 0.253 e. The number of nitrogens with zero attached hydrogens (tertiary/aromatic N) is 2. The average Bonchev–Trinajstić information content (AvgIpc) is 3.33. The molecule has 0 aliphatic carbocycles.